The Bertz CT molecular complexity index is 442. The fourth-order valence-electron chi connectivity index (χ4n) is 2.61. The van der Waals surface area contributed by atoms with Crippen LogP contribution in [0.4, 0.5) is 0 Å². The molecule has 1 saturated heterocycles. The zero-order valence-corrected chi connectivity index (χ0v) is 12.1. The number of aryl methyl sites for hydroxylation is 1. The molecule has 0 aromatic carbocycles. The maximum absolute atomic E-state index is 11.9. The number of hydrogen-bond donors (Lipinski definition) is 0. The van der Waals surface area contributed by atoms with Crippen molar-refractivity contribution in [3.8, 4) is 0 Å². The van der Waals surface area contributed by atoms with E-state index in [9.17, 15) is 4.79 Å². The van der Waals surface area contributed by atoms with Crippen molar-refractivity contribution < 1.29 is 9.53 Å². The first-order valence-corrected chi connectivity index (χ1v) is 7.05. The highest BCUT2D eigenvalue weighted by Gasteiger charge is 2.23. The van der Waals surface area contributed by atoms with E-state index in [0.717, 1.165) is 18.8 Å². The van der Waals surface area contributed by atoms with Crippen molar-refractivity contribution in [2.24, 2.45) is 7.05 Å². The van der Waals surface area contributed by atoms with Gasteiger partial charge in [-0.05, 0) is 33.2 Å². The van der Waals surface area contributed by atoms with E-state index in [-0.39, 0.29) is 5.97 Å². The predicted molar refractivity (Wildman–Crippen MR) is 72.9 cm³/mol. The molecule has 0 spiro atoms. The lowest BCUT2D eigenvalue weighted by atomic mass is 10.0. The molecule has 5 nitrogen and oxygen atoms in total. The van der Waals surface area contributed by atoms with E-state index in [1.165, 1.54) is 19.3 Å². The van der Waals surface area contributed by atoms with Gasteiger partial charge in [0, 0.05) is 19.6 Å². The molecule has 0 unspecified atom stereocenters. The van der Waals surface area contributed by atoms with E-state index in [0.29, 0.717) is 18.2 Å². The SMILES string of the molecule is CCOC(=O)c1cnn(C)c1CN1CCCC[C@H]1C. The molecule has 0 saturated carbocycles. The molecule has 2 heterocycles. The summed E-state index contributed by atoms with van der Waals surface area (Å²) < 4.78 is 6.87. The van der Waals surface area contributed by atoms with E-state index in [4.69, 9.17) is 4.74 Å². The van der Waals surface area contributed by atoms with Gasteiger partial charge in [0.25, 0.3) is 0 Å². The van der Waals surface area contributed by atoms with Gasteiger partial charge in [0.15, 0.2) is 0 Å². The summed E-state index contributed by atoms with van der Waals surface area (Å²) in [6.07, 6.45) is 5.37. The normalized spacial score (nSPS) is 20.5. The van der Waals surface area contributed by atoms with Gasteiger partial charge >= 0.3 is 5.97 Å². The van der Waals surface area contributed by atoms with Gasteiger partial charge in [0.2, 0.25) is 0 Å². The van der Waals surface area contributed by atoms with Gasteiger partial charge in [-0.3, -0.25) is 9.58 Å². The Kier molecular flexibility index (Phi) is 4.58. The molecule has 1 aliphatic rings. The van der Waals surface area contributed by atoms with Crippen LogP contribution in [0.2, 0.25) is 0 Å². The summed E-state index contributed by atoms with van der Waals surface area (Å²) in [5.41, 5.74) is 1.55. The smallest absolute Gasteiger partial charge is 0.341 e. The highest BCUT2D eigenvalue weighted by atomic mass is 16.5. The van der Waals surface area contributed by atoms with Crippen molar-refractivity contribution >= 4 is 5.97 Å². The molecular weight excluding hydrogens is 242 g/mol. The summed E-state index contributed by atoms with van der Waals surface area (Å²) >= 11 is 0. The summed E-state index contributed by atoms with van der Waals surface area (Å²) in [5, 5.41) is 4.20. The summed E-state index contributed by atoms with van der Waals surface area (Å²) in [4.78, 5) is 14.3. The van der Waals surface area contributed by atoms with Gasteiger partial charge in [-0.1, -0.05) is 6.42 Å². The topological polar surface area (TPSA) is 47.4 Å². The molecule has 1 aliphatic heterocycles. The van der Waals surface area contributed by atoms with Gasteiger partial charge in [0.05, 0.1) is 18.5 Å². The number of aromatic nitrogens is 2. The Balaban J connectivity index is 2.14. The second kappa shape index (κ2) is 6.19. The Morgan fingerprint density at radius 2 is 2.32 bits per heavy atom. The number of esters is 1. The first kappa shape index (κ1) is 14.1. The molecule has 0 amide bonds. The molecule has 1 fully saturated rings. The molecule has 0 radical (unpaired) electrons. The predicted octanol–water partition coefficient (Wildman–Crippen LogP) is 1.97. The molecule has 2 rings (SSSR count). The van der Waals surface area contributed by atoms with Crippen LogP contribution in [-0.4, -0.2) is 39.8 Å². The fourth-order valence-corrected chi connectivity index (χ4v) is 2.61. The Hall–Kier alpha value is -1.36. The Labute approximate surface area is 114 Å². The highest BCUT2D eigenvalue weighted by Crippen LogP contribution is 2.20. The maximum Gasteiger partial charge on any atom is 0.341 e. The van der Waals surface area contributed by atoms with Gasteiger partial charge < -0.3 is 4.74 Å². The van der Waals surface area contributed by atoms with Crippen molar-refractivity contribution in [2.45, 2.75) is 45.7 Å². The third-order valence-corrected chi connectivity index (χ3v) is 3.85. The minimum Gasteiger partial charge on any atom is -0.462 e. The monoisotopic (exact) mass is 265 g/mol. The minimum absolute atomic E-state index is 0.268. The molecule has 106 valence electrons. The van der Waals surface area contributed by atoms with Crippen molar-refractivity contribution in [1.29, 1.82) is 0 Å². The molecule has 1 aromatic heterocycles. The fraction of sp³-hybridized carbons (Fsp3) is 0.714. The Morgan fingerprint density at radius 1 is 1.53 bits per heavy atom. The second-order valence-corrected chi connectivity index (χ2v) is 5.16. The van der Waals surface area contributed by atoms with E-state index >= 15 is 0 Å². The van der Waals surface area contributed by atoms with Crippen LogP contribution in [-0.2, 0) is 18.3 Å². The lowest BCUT2D eigenvalue weighted by molar-refractivity contribution is 0.0522. The molecule has 1 atom stereocenters. The molecule has 19 heavy (non-hydrogen) atoms. The largest absolute Gasteiger partial charge is 0.462 e. The zero-order valence-electron chi connectivity index (χ0n) is 12.1. The first-order chi connectivity index (χ1) is 9.13. The van der Waals surface area contributed by atoms with E-state index in [1.807, 2.05) is 14.0 Å². The molecule has 0 aliphatic carbocycles. The molecule has 0 N–H and O–H groups in total. The average Bonchev–Trinajstić information content (AvgIpc) is 2.74. The molecule has 5 heteroatoms. The maximum atomic E-state index is 11.9. The number of piperidine rings is 1. The van der Waals surface area contributed by atoms with Gasteiger partial charge in [0.1, 0.15) is 5.56 Å². The van der Waals surface area contributed by atoms with Crippen LogP contribution in [0.5, 0.6) is 0 Å². The molecule has 1 aromatic rings. The Morgan fingerprint density at radius 3 is 3.00 bits per heavy atom. The average molecular weight is 265 g/mol. The highest BCUT2D eigenvalue weighted by molar-refractivity contribution is 5.90. The number of ether oxygens (including phenoxy) is 1. The standard InChI is InChI=1S/C14H23N3O2/c1-4-19-14(18)12-9-15-16(3)13(12)10-17-8-6-5-7-11(17)2/h9,11H,4-8,10H2,1-3H3/t11-/m1/s1. The third kappa shape index (κ3) is 3.15. The van der Waals surface area contributed by atoms with Crippen LogP contribution in [0.1, 0.15) is 49.2 Å². The van der Waals surface area contributed by atoms with Crippen molar-refractivity contribution in [3.63, 3.8) is 0 Å². The molecule has 0 bridgehead atoms. The van der Waals surface area contributed by atoms with Crippen LogP contribution in [0.15, 0.2) is 6.20 Å². The van der Waals surface area contributed by atoms with Gasteiger partial charge in [-0.25, -0.2) is 4.79 Å². The third-order valence-electron chi connectivity index (χ3n) is 3.85. The minimum atomic E-state index is -0.268. The van der Waals surface area contributed by atoms with Gasteiger partial charge in [-0.2, -0.15) is 5.10 Å². The van der Waals surface area contributed by atoms with E-state index in [2.05, 4.69) is 16.9 Å². The lowest BCUT2D eigenvalue weighted by Crippen LogP contribution is -2.37. The number of rotatable bonds is 4. The summed E-state index contributed by atoms with van der Waals surface area (Å²) in [6.45, 7) is 6.33. The summed E-state index contributed by atoms with van der Waals surface area (Å²) in [5.74, 6) is -0.268. The number of carbonyl (C=O) groups excluding carboxylic acids is 1. The lowest BCUT2D eigenvalue weighted by Gasteiger charge is -2.33. The van der Waals surface area contributed by atoms with Crippen LogP contribution < -0.4 is 0 Å². The second-order valence-electron chi connectivity index (χ2n) is 5.16. The molecular formula is C14H23N3O2. The van der Waals surface area contributed by atoms with Crippen LogP contribution in [0, 0.1) is 0 Å². The summed E-state index contributed by atoms with van der Waals surface area (Å²) in [7, 11) is 1.88. The van der Waals surface area contributed by atoms with Crippen LogP contribution in [0.25, 0.3) is 0 Å². The quantitative estimate of drug-likeness (QED) is 0.781. The van der Waals surface area contributed by atoms with E-state index < -0.39 is 0 Å². The van der Waals surface area contributed by atoms with Gasteiger partial charge in [-0.15, -0.1) is 0 Å². The summed E-state index contributed by atoms with van der Waals surface area (Å²) in [6, 6.07) is 0.568. The first-order valence-electron chi connectivity index (χ1n) is 7.05. The number of hydrogen-bond acceptors (Lipinski definition) is 4. The van der Waals surface area contributed by atoms with Crippen molar-refractivity contribution in [3.05, 3.63) is 17.5 Å². The van der Waals surface area contributed by atoms with Crippen LogP contribution >= 0.6 is 0 Å². The van der Waals surface area contributed by atoms with E-state index in [1.54, 1.807) is 10.9 Å². The number of carbonyl (C=O) groups is 1. The number of likely N-dealkylation sites (tertiary alicyclic amines) is 1. The zero-order chi connectivity index (χ0) is 13.8. The van der Waals surface area contributed by atoms with Crippen molar-refractivity contribution in [1.82, 2.24) is 14.7 Å². The van der Waals surface area contributed by atoms with Crippen molar-refractivity contribution in [2.75, 3.05) is 13.2 Å². The van der Waals surface area contributed by atoms with Crippen LogP contribution in [0.3, 0.4) is 0 Å². The number of nitrogens with zero attached hydrogens (tertiary/aromatic N) is 3.